The van der Waals surface area contributed by atoms with Crippen molar-refractivity contribution in [3.05, 3.63) is 70.8 Å². The van der Waals surface area contributed by atoms with Crippen LogP contribution < -0.4 is 0 Å². The van der Waals surface area contributed by atoms with Crippen LogP contribution in [0.5, 0.6) is 0 Å². The molecule has 0 bridgehead atoms. The van der Waals surface area contributed by atoms with Crippen molar-refractivity contribution in [1.29, 1.82) is 0 Å². The van der Waals surface area contributed by atoms with E-state index in [2.05, 4.69) is 33.9 Å². The van der Waals surface area contributed by atoms with Gasteiger partial charge in [0.1, 0.15) is 0 Å². The van der Waals surface area contributed by atoms with Crippen LogP contribution >= 0.6 is 0 Å². The fourth-order valence-electron chi connectivity index (χ4n) is 4.65. The largest absolute Gasteiger partial charge is 0.478 e. The van der Waals surface area contributed by atoms with E-state index in [0.29, 0.717) is 10.0 Å². The van der Waals surface area contributed by atoms with Gasteiger partial charge < -0.3 is 10.0 Å². The molecule has 0 saturated carbocycles. The van der Waals surface area contributed by atoms with Crippen LogP contribution in [0.15, 0.2) is 48.5 Å². The van der Waals surface area contributed by atoms with Gasteiger partial charge in [-0.05, 0) is 42.4 Å². The first-order valence-corrected chi connectivity index (χ1v) is 11.8. The van der Waals surface area contributed by atoms with Crippen LogP contribution in [0.2, 0.25) is 0 Å². The number of likely N-dealkylation sites (N-methyl/N-ethyl adjacent to an activating group) is 2. The van der Waals surface area contributed by atoms with Crippen molar-refractivity contribution >= 4 is 11.9 Å². The standard InChI is InChI=1S/C26H34N4O3/c1-27-11-13-28(14-12-27)19-21-3-7-23(8-4-21)25(31)30(2)17-15-29(16-18-30)20-22-5-9-24(10-6-22)26(32)33/h3-10H,11-20H2,1-2H3/p+1. The Bertz CT molecular complexity index is 958. The molecule has 0 atom stereocenters. The number of piperazine rings is 2. The summed E-state index contributed by atoms with van der Waals surface area (Å²) >= 11 is 0. The van der Waals surface area contributed by atoms with Crippen molar-refractivity contribution in [2.45, 2.75) is 13.1 Å². The Morgan fingerprint density at radius 3 is 1.70 bits per heavy atom. The molecule has 2 aliphatic rings. The van der Waals surface area contributed by atoms with Gasteiger partial charge in [0.2, 0.25) is 0 Å². The van der Waals surface area contributed by atoms with Gasteiger partial charge in [0, 0.05) is 52.4 Å². The highest BCUT2D eigenvalue weighted by Crippen LogP contribution is 2.19. The summed E-state index contributed by atoms with van der Waals surface area (Å²) in [6, 6.07) is 15.3. The normalized spacial score (nSPS) is 19.9. The number of quaternary nitrogens is 1. The van der Waals surface area contributed by atoms with Gasteiger partial charge in [-0.25, -0.2) is 9.59 Å². The third-order valence-electron chi connectivity index (χ3n) is 7.12. The van der Waals surface area contributed by atoms with Crippen molar-refractivity contribution in [3.8, 4) is 0 Å². The molecule has 7 heteroatoms. The summed E-state index contributed by atoms with van der Waals surface area (Å²) in [5.74, 6) is -0.718. The highest BCUT2D eigenvalue weighted by Gasteiger charge is 2.36. The van der Waals surface area contributed by atoms with E-state index < -0.39 is 5.97 Å². The molecule has 33 heavy (non-hydrogen) atoms. The molecule has 2 saturated heterocycles. The van der Waals surface area contributed by atoms with E-state index in [1.165, 1.54) is 5.56 Å². The van der Waals surface area contributed by atoms with Crippen LogP contribution in [-0.2, 0) is 13.1 Å². The third kappa shape index (κ3) is 5.86. The second-order valence-electron chi connectivity index (χ2n) is 9.70. The molecule has 1 amide bonds. The molecule has 2 aromatic carbocycles. The van der Waals surface area contributed by atoms with Crippen LogP contribution in [0.4, 0.5) is 0 Å². The van der Waals surface area contributed by atoms with Crippen LogP contribution in [0.1, 0.15) is 31.8 Å². The van der Waals surface area contributed by atoms with Crippen LogP contribution in [0.25, 0.3) is 0 Å². The summed E-state index contributed by atoms with van der Waals surface area (Å²) in [6.07, 6.45) is 0. The van der Waals surface area contributed by atoms with E-state index in [9.17, 15) is 9.59 Å². The third-order valence-corrected chi connectivity index (χ3v) is 7.12. The smallest absolute Gasteiger partial charge is 0.345 e. The first-order chi connectivity index (χ1) is 15.8. The number of aromatic carboxylic acids is 1. The highest BCUT2D eigenvalue weighted by molar-refractivity contribution is 5.89. The van der Waals surface area contributed by atoms with E-state index in [1.807, 2.05) is 31.3 Å². The molecule has 0 aromatic heterocycles. The predicted octanol–water partition coefficient (Wildman–Crippen LogP) is 2.23. The number of carbonyl (C=O) groups excluding carboxylic acids is 1. The monoisotopic (exact) mass is 451 g/mol. The van der Waals surface area contributed by atoms with E-state index in [-0.39, 0.29) is 5.91 Å². The van der Waals surface area contributed by atoms with Crippen molar-refractivity contribution < 1.29 is 19.2 Å². The maximum atomic E-state index is 13.3. The maximum Gasteiger partial charge on any atom is 0.345 e. The van der Waals surface area contributed by atoms with Gasteiger partial charge in [-0.1, -0.05) is 24.3 Å². The summed E-state index contributed by atoms with van der Waals surface area (Å²) in [5.41, 5.74) is 3.45. The molecule has 2 heterocycles. The molecule has 2 aromatic rings. The number of benzene rings is 2. The van der Waals surface area contributed by atoms with Crippen LogP contribution in [0.3, 0.4) is 0 Å². The number of hydrogen-bond acceptors (Lipinski definition) is 5. The number of carboxylic acids is 1. The molecule has 7 nitrogen and oxygen atoms in total. The maximum absolute atomic E-state index is 13.3. The average molecular weight is 452 g/mol. The molecule has 0 aliphatic carbocycles. The molecule has 0 radical (unpaired) electrons. The van der Waals surface area contributed by atoms with Gasteiger partial charge >= 0.3 is 11.9 Å². The molecular formula is C26H35N4O3+. The van der Waals surface area contributed by atoms with Crippen molar-refractivity contribution in [1.82, 2.24) is 14.7 Å². The fraction of sp³-hybridized carbons (Fsp3) is 0.462. The Kier molecular flexibility index (Phi) is 7.24. The SMILES string of the molecule is CN1CCN(Cc2ccc(C(=O)[N+]3(C)CCN(Cc4ccc(C(=O)O)cc4)CC3)cc2)CC1. The zero-order valence-electron chi connectivity index (χ0n) is 19.7. The van der Waals surface area contributed by atoms with Gasteiger partial charge in [0.05, 0.1) is 31.3 Å². The molecule has 1 N–H and O–H groups in total. The topological polar surface area (TPSA) is 64.1 Å². The number of carboxylic acid groups (broad SMARTS) is 1. The fourth-order valence-corrected chi connectivity index (χ4v) is 4.65. The number of hydrogen-bond donors (Lipinski definition) is 1. The van der Waals surface area contributed by atoms with E-state index >= 15 is 0 Å². The average Bonchev–Trinajstić information content (AvgIpc) is 2.82. The van der Waals surface area contributed by atoms with Crippen molar-refractivity contribution in [2.24, 2.45) is 0 Å². The number of carbonyl (C=O) groups is 2. The lowest BCUT2D eigenvalue weighted by Crippen LogP contribution is -2.59. The Morgan fingerprint density at radius 2 is 1.21 bits per heavy atom. The number of rotatable bonds is 6. The van der Waals surface area contributed by atoms with Gasteiger partial charge in [0.25, 0.3) is 0 Å². The molecule has 0 spiro atoms. The summed E-state index contributed by atoms with van der Waals surface area (Å²) in [7, 11) is 4.21. The number of nitrogens with zero attached hydrogens (tertiary/aromatic N) is 4. The minimum atomic E-state index is -0.904. The lowest BCUT2D eigenvalue weighted by molar-refractivity contribution is -0.834. The predicted molar refractivity (Wildman–Crippen MR) is 128 cm³/mol. The molecule has 2 aliphatic heterocycles. The summed E-state index contributed by atoms with van der Waals surface area (Å²) in [6.45, 7) is 9.33. The van der Waals surface area contributed by atoms with Crippen LogP contribution in [-0.4, -0.2) is 103 Å². The Hall–Kier alpha value is -2.58. The lowest BCUT2D eigenvalue weighted by atomic mass is 10.1. The van der Waals surface area contributed by atoms with Gasteiger partial charge in [-0.3, -0.25) is 14.3 Å². The first-order valence-electron chi connectivity index (χ1n) is 11.8. The molecule has 2 fully saturated rings. The van der Waals surface area contributed by atoms with Gasteiger partial charge in [0.15, 0.2) is 0 Å². The summed E-state index contributed by atoms with van der Waals surface area (Å²) < 4.78 is 0.423. The molecule has 0 unspecified atom stereocenters. The second kappa shape index (κ2) is 10.1. The van der Waals surface area contributed by atoms with Crippen molar-refractivity contribution in [2.75, 3.05) is 66.5 Å². The van der Waals surface area contributed by atoms with E-state index in [1.54, 1.807) is 12.1 Å². The zero-order chi connectivity index (χ0) is 23.4. The Morgan fingerprint density at radius 1 is 0.758 bits per heavy atom. The molecule has 4 rings (SSSR count). The lowest BCUT2D eigenvalue weighted by Gasteiger charge is -2.40. The van der Waals surface area contributed by atoms with Gasteiger partial charge in [-0.2, -0.15) is 0 Å². The van der Waals surface area contributed by atoms with Crippen LogP contribution in [0, 0.1) is 0 Å². The van der Waals surface area contributed by atoms with E-state index in [4.69, 9.17) is 5.11 Å². The minimum absolute atomic E-state index is 0.187. The van der Waals surface area contributed by atoms with Gasteiger partial charge in [-0.15, -0.1) is 0 Å². The second-order valence-corrected chi connectivity index (χ2v) is 9.70. The first kappa shape index (κ1) is 23.6. The Labute approximate surface area is 196 Å². The molecule has 176 valence electrons. The minimum Gasteiger partial charge on any atom is -0.478 e. The van der Waals surface area contributed by atoms with E-state index in [0.717, 1.165) is 76.6 Å². The van der Waals surface area contributed by atoms with Crippen molar-refractivity contribution in [3.63, 3.8) is 0 Å². The number of amides is 1. The highest BCUT2D eigenvalue weighted by atomic mass is 16.4. The molecular weight excluding hydrogens is 416 g/mol. The zero-order valence-corrected chi connectivity index (χ0v) is 19.7. The summed E-state index contributed by atoms with van der Waals surface area (Å²) in [4.78, 5) is 31.5. The Balaban J connectivity index is 1.30. The quantitative estimate of drug-likeness (QED) is 0.680. The summed E-state index contributed by atoms with van der Waals surface area (Å²) in [5, 5.41) is 9.05.